The van der Waals surface area contributed by atoms with E-state index in [9.17, 15) is 4.79 Å². The Morgan fingerprint density at radius 3 is 3.00 bits per heavy atom. The van der Waals surface area contributed by atoms with Crippen molar-refractivity contribution in [1.29, 1.82) is 0 Å². The van der Waals surface area contributed by atoms with Crippen LogP contribution in [0.25, 0.3) is 0 Å². The average Bonchev–Trinajstić information content (AvgIpc) is 3.23. The quantitative estimate of drug-likeness (QED) is 0.908. The summed E-state index contributed by atoms with van der Waals surface area (Å²) < 4.78 is 13.1. The van der Waals surface area contributed by atoms with E-state index in [1.807, 2.05) is 38.4 Å². The zero-order valence-electron chi connectivity index (χ0n) is 14.2. The van der Waals surface area contributed by atoms with Crippen LogP contribution in [0.5, 0.6) is 0 Å². The lowest BCUT2D eigenvalue weighted by molar-refractivity contribution is 0.00405. The summed E-state index contributed by atoms with van der Waals surface area (Å²) in [5.74, 6) is 1.71. The molecule has 0 aromatic carbocycles. The first kappa shape index (κ1) is 16.6. The molecule has 3 rings (SSSR count). The van der Waals surface area contributed by atoms with Gasteiger partial charge >= 0.3 is 6.03 Å². The second kappa shape index (κ2) is 7.53. The molecule has 0 radical (unpaired) electrons. The van der Waals surface area contributed by atoms with Gasteiger partial charge in [0.2, 0.25) is 0 Å². The Kier molecular flexibility index (Phi) is 5.20. The van der Waals surface area contributed by atoms with E-state index in [-0.39, 0.29) is 12.1 Å². The van der Waals surface area contributed by atoms with Crippen molar-refractivity contribution in [3.63, 3.8) is 0 Å². The highest BCUT2D eigenvalue weighted by Crippen LogP contribution is 2.26. The van der Waals surface area contributed by atoms with Gasteiger partial charge < -0.3 is 19.4 Å². The van der Waals surface area contributed by atoms with Crippen LogP contribution in [0.15, 0.2) is 28.8 Å². The number of rotatable bonds is 5. The van der Waals surface area contributed by atoms with Gasteiger partial charge in [-0.05, 0) is 18.2 Å². The number of carbonyl (C=O) groups excluding carboxylic acids is 1. The Morgan fingerprint density at radius 2 is 2.29 bits per heavy atom. The number of nitrogens with zero attached hydrogens (tertiary/aromatic N) is 3. The number of hydrogen-bond donors (Lipinski definition) is 1. The fraction of sp³-hybridized carbons (Fsp3) is 0.529. The van der Waals surface area contributed by atoms with E-state index in [0.717, 1.165) is 23.6 Å². The number of urea groups is 1. The number of aromatic nitrogens is 2. The van der Waals surface area contributed by atoms with E-state index < -0.39 is 0 Å². The fourth-order valence-corrected chi connectivity index (χ4v) is 2.84. The van der Waals surface area contributed by atoms with Crippen LogP contribution in [0.3, 0.4) is 0 Å². The summed E-state index contributed by atoms with van der Waals surface area (Å²) in [4.78, 5) is 14.3. The van der Waals surface area contributed by atoms with Gasteiger partial charge in [-0.15, -0.1) is 0 Å². The number of morpholine rings is 1. The maximum Gasteiger partial charge on any atom is 0.318 e. The van der Waals surface area contributed by atoms with Gasteiger partial charge in [0.25, 0.3) is 0 Å². The van der Waals surface area contributed by atoms with Crippen LogP contribution in [0.1, 0.15) is 30.2 Å². The Labute approximate surface area is 141 Å². The van der Waals surface area contributed by atoms with E-state index in [2.05, 4.69) is 10.4 Å². The summed E-state index contributed by atoms with van der Waals surface area (Å²) in [6.07, 6.45) is 3.45. The Hall–Kier alpha value is -2.28. The van der Waals surface area contributed by atoms with E-state index in [1.165, 1.54) is 0 Å². The number of carbonyl (C=O) groups is 1. The highest BCUT2D eigenvalue weighted by Gasteiger charge is 2.30. The minimum atomic E-state index is -0.172. The first-order chi connectivity index (χ1) is 11.7. The largest absolute Gasteiger partial charge is 0.464 e. The van der Waals surface area contributed by atoms with Crippen LogP contribution in [-0.2, 0) is 24.6 Å². The third kappa shape index (κ3) is 3.79. The molecule has 0 saturated carbocycles. The molecule has 2 aromatic rings. The van der Waals surface area contributed by atoms with Crippen LogP contribution in [-0.4, -0.2) is 47.0 Å². The molecule has 1 N–H and O–H groups in total. The lowest BCUT2D eigenvalue weighted by atomic mass is 10.2. The number of furan rings is 1. The molecule has 0 spiro atoms. The van der Waals surface area contributed by atoms with Gasteiger partial charge in [0.05, 0.1) is 18.9 Å². The van der Waals surface area contributed by atoms with Crippen LogP contribution in [0, 0.1) is 0 Å². The molecule has 7 nitrogen and oxygen atoms in total. The van der Waals surface area contributed by atoms with Crippen LogP contribution >= 0.6 is 0 Å². The summed E-state index contributed by atoms with van der Waals surface area (Å²) >= 11 is 0. The smallest absolute Gasteiger partial charge is 0.318 e. The van der Waals surface area contributed by atoms with E-state index >= 15 is 0 Å². The second-order valence-corrected chi connectivity index (χ2v) is 5.90. The molecule has 1 atom stereocenters. The molecule has 1 unspecified atom stereocenters. The molecule has 1 aliphatic rings. The van der Waals surface area contributed by atoms with Crippen LogP contribution < -0.4 is 5.32 Å². The van der Waals surface area contributed by atoms with Crippen molar-refractivity contribution in [3.05, 3.63) is 41.6 Å². The van der Waals surface area contributed by atoms with Gasteiger partial charge in [-0.25, -0.2) is 4.79 Å². The summed E-state index contributed by atoms with van der Waals surface area (Å²) in [7, 11) is 1.88. The number of amides is 2. The third-order valence-electron chi connectivity index (χ3n) is 4.17. The molecule has 1 saturated heterocycles. The minimum absolute atomic E-state index is 0.0892. The third-order valence-corrected chi connectivity index (χ3v) is 4.17. The molecule has 130 valence electrons. The van der Waals surface area contributed by atoms with Gasteiger partial charge in [0.15, 0.2) is 0 Å². The monoisotopic (exact) mass is 332 g/mol. The normalized spacial score (nSPS) is 17.9. The standard InChI is InChI=1S/C17H24N4O3/c1-3-14-4-5-16(24-14)15-12-23-11-10-21(15)17(22)18-8-6-13-7-9-20(2)19-13/h4-5,7,9,15H,3,6,8,10-12H2,1-2H3,(H,18,22). The van der Waals surface area contributed by atoms with Gasteiger partial charge in [-0.3, -0.25) is 4.68 Å². The van der Waals surface area contributed by atoms with Crippen molar-refractivity contribution in [2.75, 3.05) is 26.3 Å². The van der Waals surface area contributed by atoms with E-state index in [0.29, 0.717) is 32.7 Å². The van der Waals surface area contributed by atoms with Gasteiger partial charge in [-0.2, -0.15) is 5.10 Å². The number of ether oxygens (including phenoxy) is 1. The van der Waals surface area contributed by atoms with Crippen molar-refractivity contribution >= 4 is 6.03 Å². The molecule has 3 heterocycles. The highest BCUT2D eigenvalue weighted by atomic mass is 16.5. The zero-order valence-corrected chi connectivity index (χ0v) is 14.2. The molecule has 0 bridgehead atoms. The molecule has 2 aromatic heterocycles. The van der Waals surface area contributed by atoms with E-state index in [1.54, 1.807) is 9.58 Å². The topological polar surface area (TPSA) is 72.5 Å². The maximum atomic E-state index is 12.5. The summed E-state index contributed by atoms with van der Waals surface area (Å²) in [6.45, 7) is 4.17. The maximum absolute atomic E-state index is 12.5. The van der Waals surface area contributed by atoms with Crippen LogP contribution in [0.2, 0.25) is 0 Å². The summed E-state index contributed by atoms with van der Waals surface area (Å²) in [5.41, 5.74) is 0.968. The predicted octanol–water partition coefficient (Wildman–Crippen LogP) is 1.90. The highest BCUT2D eigenvalue weighted by molar-refractivity contribution is 5.74. The molecule has 1 aliphatic heterocycles. The second-order valence-electron chi connectivity index (χ2n) is 5.90. The average molecular weight is 332 g/mol. The number of nitrogens with one attached hydrogen (secondary N) is 1. The molecular weight excluding hydrogens is 308 g/mol. The summed E-state index contributed by atoms with van der Waals surface area (Å²) in [5, 5.41) is 7.28. The zero-order chi connectivity index (χ0) is 16.9. The molecule has 1 fully saturated rings. The number of aryl methyl sites for hydroxylation is 2. The lowest BCUT2D eigenvalue weighted by Gasteiger charge is -2.34. The van der Waals surface area contributed by atoms with Crippen molar-refractivity contribution in [3.8, 4) is 0 Å². The van der Waals surface area contributed by atoms with Crippen molar-refractivity contribution in [1.82, 2.24) is 20.0 Å². The molecule has 24 heavy (non-hydrogen) atoms. The van der Waals surface area contributed by atoms with Crippen molar-refractivity contribution in [2.24, 2.45) is 7.05 Å². The summed E-state index contributed by atoms with van der Waals surface area (Å²) in [6, 6.07) is 5.59. The molecule has 2 amide bonds. The first-order valence-electron chi connectivity index (χ1n) is 8.36. The minimum Gasteiger partial charge on any atom is -0.464 e. The number of hydrogen-bond acceptors (Lipinski definition) is 4. The van der Waals surface area contributed by atoms with Gasteiger partial charge in [0.1, 0.15) is 17.6 Å². The fourth-order valence-electron chi connectivity index (χ4n) is 2.84. The SMILES string of the molecule is CCc1ccc(C2COCCN2C(=O)NCCc2ccn(C)n2)o1. The van der Waals surface area contributed by atoms with Crippen molar-refractivity contribution in [2.45, 2.75) is 25.8 Å². The molecule has 0 aliphatic carbocycles. The van der Waals surface area contributed by atoms with Gasteiger partial charge in [0, 0.05) is 39.2 Å². The molecular formula is C17H24N4O3. The van der Waals surface area contributed by atoms with E-state index in [4.69, 9.17) is 9.15 Å². The Morgan fingerprint density at radius 1 is 1.42 bits per heavy atom. The molecule has 7 heteroatoms. The van der Waals surface area contributed by atoms with Gasteiger partial charge in [-0.1, -0.05) is 6.92 Å². The first-order valence-corrected chi connectivity index (χ1v) is 8.36. The Bertz CT molecular complexity index is 679. The van der Waals surface area contributed by atoms with Crippen LogP contribution in [0.4, 0.5) is 4.79 Å². The Balaban J connectivity index is 1.58. The predicted molar refractivity (Wildman–Crippen MR) is 88.7 cm³/mol. The van der Waals surface area contributed by atoms with Crippen molar-refractivity contribution < 1.29 is 13.9 Å². The lowest BCUT2D eigenvalue weighted by Crippen LogP contribution is -2.48.